The minimum absolute atomic E-state index is 0.299. The third kappa shape index (κ3) is 9.88. The van der Waals surface area contributed by atoms with Gasteiger partial charge >= 0.3 is 0 Å². The molecule has 0 radical (unpaired) electrons. The van der Waals surface area contributed by atoms with Crippen molar-refractivity contribution in [1.82, 2.24) is 5.32 Å². The van der Waals surface area contributed by atoms with E-state index < -0.39 is 0 Å². The van der Waals surface area contributed by atoms with Crippen LogP contribution in [0, 0.1) is 0 Å². The first-order valence-corrected chi connectivity index (χ1v) is 4.31. The number of rotatable bonds is 8. The standard InChI is InChI=1S/C8H19NO2/c1-2-11-8-6-9-5-3-4-7-10/h9-10H,2-8H2,1H3. The minimum Gasteiger partial charge on any atom is -0.396 e. The average molecular weight is 161 g/mol. The van der Waals surface area contributed by atoms with Gasteiger partial charge in [0.05, 0.1) is 6.61 Å². The highest BCUT2D eigenvalue weighted by Crippen LogP contribution is 1.82. The first-order chi connectivity index (χ1) is 5.41. The monoisotopic (exact) mass is 161 g/mol. The van der Waals surface area contributed by atoms with Gasteiger partial charge in [0.25, 0.3) is 0 Å². The smallest absolute Gasteiger partial charge is 0.0590 e. The van der Waals surface area contributed by atoms with Crippen LogP contribution in [-0.4, -0.2) is 38.0 Å². The first kappa shape index (κ1) is 10.9. The number of hydrogen-bond donors (Lipinski definition) is 2. The van der Waals surface area contributed by atoms with E-state index in [1.165, 1.54) is 0 Å². The number of aliphatic hydroxyl groups excluding tert-OH is 1. The quantitative estimate of drug-likeness (QED) is 0.506. The average Bonchev–Trinajstić information content (AvgIpc) is 2.03. The molecule has 0 amide bonds. The van der Waals surface area contributed by atoms with Crippen molar-refractivity contribution in [3.63, 3.8) is 0 Å². The van der Waals surface area contributed by atoms with Crippen LogP contribution < -0.4 is 5.32 Å². The van der Waals surface area contributed by atoms with Gasteiger partial charge in [-0.2, -0.15) is 0 Å². The predicted molar refractivity (Wildman–Crippen MR) is 45.7 cm³/mol. The van der Waals surface area contributed by atoms with Crippen LogP contribution in [0.4, 0.5) is 0 Å². The summed E-state index contributed by atoms with van der Waals surface area (Å²) in [7, 11) is 0. The molecule has 68 valence electrons. The molecule has 0 unspecified atom stereocenters. The molecule has 0 aliphatic heterocycles. The molecule has 0 aromatic rings. The van der Waals surface area contributed by atoms with Crippen LogP contribution in [0.3, 0.4) is 0 Å². The summed E-state index contributed by atoms with van der Waals surface area (Å²) >= 11 is 0. The van der Waals surface area contributed by atoms with Crippen molar-refractivity contribution < 1.29 is 9.84 Å². The van der Waals surface area contributed by atoms with E-state index >= 15 is 0 Å². The van der Waals surface area contributed by atoms with Crippen molar-refractivity contribution in [2.45, 2.75) is 19.8 Å². The van der Waals surface area contributed by atoms with Gasteiger partial charge < -0.3 is 15.2 Å². The lowest BCUT2D eigenvalue weighted by Gasteiger charge is -2.03. The highest BCUT2D eigenvalue weighted by atomic mass is 16.5. The Kier molecular flexibility index (Phi) is 9.77. The van der Waals surface area contributed by atoms with Crippen molar-refractivity contribution in [3.8, 4) is 0 Å². The highest BCUT2D eigenvalue weighted by molar-refractivity contribution is 4.46. The summed E-state index contributed by atoms with van der Waals surface area (Å²) < 4.78 is 5.13. The van der Waals surface area contributed by atoms with E-state index in [4.69, 9.17) is 9.84 Å². The minimum atomic E-state index is 0.299. The molecule has 0 bridgehead atoms. The van der Waals surface area contributed by atoms with Crippen molar-refractivity contribution in [2.75, 3.05) is 32.9 Å². The van der Waals surface area contributed by atoms with Gasteiger partial charge in [0.2, 0.25) is 0 Å². The topological polar surface area (TPSA) is 41.5 Å². The Balaban J connectivity index is 2.69. The van der Waals surface area contributed by atoms with Gasteiger partial charge in [-0.3, -0.25) is 0 Å². The van der Waals surface area contributed by atoms with E-state index in [2.05, 4.69) is 5.32 Å². The summed E-state index contributed by atoms with van der Waals surface area (Å²) in [6, 6.07) is 0. The molecule has 0 rings (SSSR count). The summed E-state index contributed by atoms with van der Waals surface area (Å²) in [5.41, 5.74) is 0. The zero-order chi connectivity index (χ0) is 8.36. The van der Waals surface area contributed by atoms with Gasteiger partial charge in [-0.15, -0.1) is 0 Å². The molecule has 0 saturated carbocycles. The Labute approximate surface area is 68.8 Å². The number of hydrogen-bond acceptors (Lipinski definition) is 3. The van der Waals surface area contributed by atoms with Gasteiger partial charge in [0.1, 0.15) is 0 Å². The van der Waals surface area contributed by atoms with Crippen LogP contribution in [-0.2, 0) is 4.74 Å². The van der Waals surface area contributed by atoms with Crippen molar-refractivity contribution in [2.24, 2.45) is 0 Å². The van der Waals surface area contributed by atoms with Gasteiger partial charge in [-0.05, 0) is 26.3 Å². The number of unbranched alkanes of at least 4 members (excludes halogenated alkanes) is 1. The van der Waals surface area contributed by atoms with Crippen molar-refractivity contribution >= 4 is 0 Å². The van der Waals surface area contributed by atoms with Gasteiger partial charge in [-0.25, -0.2) is 0 Å². The highest BCUT2D eigenvalue weighted by Gasteiger charge is 1.87. The number of ether oxygens (including phenoxy) is 1. The van der Waals surface area contributed by atoms with Gasteiger partial charge in [0, 0.05) is 19.8 Å². The lowest BCUT2D eigenvalue weighted by atomic mass is 10.3. The largest absolute Gasteiger partial charge is 0.396 e. The Bertz CT molecular complexity index is 61.1. The fourth-order valence-corrected chi connectivity index (χ4v) is 0.775. The molecule has 3 nitrogen and oxygen atoms in total. The summed E-state index contributed by atoms with van der Waals surface area (Å²) in [6.07, 6.45) is 1.93. The second kappa shape index (κ2) is 9.88. The van der Waals surface area contributed by atoms with Gasteiger partial charge in [0.15, 0.2) is 0 Å². The second-order valence-corrected chi connectivity index (χ2v) is 2.38. The Hall–Kier alpha value is -0.120. The van der Waals surface area contributed by atoms with Crippen LogP contribution in [0.1, 0.15) is 19.8 Å². The van der Waals surface area contributed by atoms with E-state index in [0.717, 1.165) is 39.1 Å². The lowest BCUT2D eigenvalue weighted by Crippen LogP contribution is -2.20. The number of aliphatic hydroxyl groups is 1. The summed E-state index contributed by atoms with van der Waals surface area (Å²) in [5, 5.41) is 11.7. The molecular weight excluding hydrogens is 142 g/mol. The Morgan fingerprint density at radius 3 is 2.73 bits per heavy atom. The van der Waals surface area contributed by atoms with E-state index in [9.17, 15) is 0 Å². The number of nitrogens with one attached hydrogen (secondary N) is 1. The Morgan fingerprint density at radius 2 is 2.09 bits per heavy atom. The lowest BCUT2D eigenvalue weighted by molar-refractivity contribution is 0.149. The third-order valence-corrected chi connectivity index (χ3v) is 1.39. The van der Waals surface area contributed by atoms with Crippen LogP contribution in [0.2, 0.25) is 0 Å². The third-order valence-electron chi connectivity index (χ3n) is 1.39. The first-order valence-electron chi connectivity index (χ1n) is 4.31. The Morgan fingerprint density at radius 1 is 1.27 bits per heavy atom. The summed E-state index contributed by atoms with van der Waals surface area (Å²) in [5.74, 6) is 0. The normalized spacial score (nSPS) is 10.4. The molecule has 3 heteroatoms. The van der Waals surface area contributed by atoms with Crippen molar-refractivity contribution in [3.05, 3.63) is 0 Å². The summed E-state index contributed by atoms with van der Waals surface area (Å²) in [6.45, 7) is 5.76. The van der Waals surface area contributed by atoms with Crippen LogP contribution in [0.25, 0.3) is 0 Å². The molecule has 0 heterocycles. The van der Waals surface area contributed by atoms with Gasteiger partial charge in [-0.1, -0.05) is 0 Å². The summed E-state index contributed by atoms with van der Waals surface area (Å²) in [4.78, 5) is 0. The molecule has 0 spiro atoms. The molecule has 11 heavy (non-hydrogen) atoms. The van der Waals surface area contributed by atoms with Crippen LogP contribution >= 0.6 is 0 Å². The predicted octanol–water partition coefficient (Wildman–Crippen LogP) is 0.385. The van der Waals surface area contributed by atoms with E-state index in [0.29, 0.717) is 6.61 Å². The molecule has 0 aromatic heterocycles. The fourth-order valence-electron chi connectivity index (χ4n) is 0.775. The SMILES string of the molecule is CCOCCNCCCCO. The van der Waals surface area contributed by atoms with E-state index in [-0.39, 0.29) is 0 Å². The molecular formula is C8H19NO2. The maximum absolute atomic E-state index is 8.45. The molecule has 0 aliphatic carbocycles. The fraction of sp³-hybridized carbons (Fsp3) is 1.00. The van der Waals surface area contributed by atoms with E-state index in [1.807, 2.05) is 6.92 Å². The molecule has 0 fully saturated rings. The molecule has 0 saturated heterocycles. The molecule has 0 atom stereocenters. The zero-order valence-corrected chi connectivity index (χ0v) is 7.31. The molecule has 0 aromatic carbocycles. The molecule has 0 aliphatic rings. The van der Waals surface area contributed by atoms with Crippen molar-refractivity contribution in [1.29, 1.82) is 0 Å². The maximum Gasteiger partial charge on any atom is 0.0590 e. The zero-order valence-electron chi connectivity index (χ0n) is 7.31. The van der Waals surface area contributed by atoms with Crippen LogP contribution in [0.15, 0.2) is 0 Å². The second-order valence-electron chi connectivity index (χ2n) is 2.38. The molecule has 2 N–H and O–H groups in total. The van der Waals surface area contributed by atoms with E-state index in [1.54, 1.807) is 0 Å². The maximum atomic E-state index is 8.45. The van der Waals surface area contributed by atoms with Crippen LogP contribution in [0.5, 0.6) is 0 Å².